The van der Waals surface area contributed by atoms with Gasteiger partial charge in [0.05, 0.1) is 11.6 Å². The van der Waals surface area contributed by atoms with Gasteiger partial charge in [0.15, 0.2) is 11.5 Å². The zero-order chi connectivity index (χ0) is 12.4. The Morgan fingerprint density at radius 3 is 2.88 bits per heavy atom. The highest BCUT2D eigenvalue weighted by molar-refractivity contribution is 9.10. The highest BCUT2D eigenvalue weighted by Crippen LogP contribution is 2.40. The predicted molar refractivity (Wildman–Crippen MR) is 66.9 cm³/mol. The smallest absolute Gasteiger partial charge is 0.208 e. The lowest BCUT2D eigenvalue weighted by Gasteiger charge is -2.25. The number of hydrogen-bond acceptors (Lipinski definition) is 3. The fourth-order valence-corrected chi connectivity index (χ4v) is 2.76. The molecular formula is C12H15BrFNO2. The molecule has 0 spiro atoms. The van der Waals surface area contributed by atoms with Gasteiger partial charge < -0.3 is 15.2 Å². The van der Waals surface area contributed by atoms with Gasteiger partial charge >= 0.3 is 0 Å². The third-order valence-corrected chi connectivity index (χ3v) is 3.66. The maximum Gasteiger partial charge on any atom is 0.208 e. The quantitative estimate of drug-likeness (QED) is 0.882. The third-order valence-electron chi connectivity index (χ3n) is 3.07. The largest absolute Gasteiger partial charge is 0.504 e. The van der Waals surface area contributed by atoms with Gasteiger partial charge in [0.1, 0.15) is 0 Å². The van der Waals surface area contributed by atoms with Gasteiger partial charge in [-0.2, -0.15) is 4.39 Å². The van der Waals surface area contributed by atoms with Crippen LogP contribution in [0.15, 0.2) is 10.5 Å². The number of halogens is 2. The molecule has 1 aromatic rings. The lowest BCUT2D eigenvalue weighted by atomic mass is 9.96. The van der Waals surface area contributed by atoms with Crippen LogP contribution in [0.3, 0.4) is 0 Å². The number of phenolic OH excluding ortho intramolecular Hbond substituents is 1. The van der Waals surface area contributed by atoms with Crippen molar-refractivity contribution in [2.75, 3.05) is 13.7 Å². The van der Waals surface area contributed by atoms with E-state index < -0.39 is 5.82 Å². The summed E-state index contributed by atoms with van der Waals surface area (Å²) in [5.74, 6) is -0.976. The van der Waals surface area contributed by atoms with E-state index in [0.29, 0.717) is 10.0 Å². The molecule has 1 fully saturated rings. The Kier molecular flexibility index (Phi) is 3.89. The van der Waals surface area contributed by atoms with Crippen LogP contribution in [0.4, 0.5) is 4.39 Å². The number of ether oxygens (including phenoxy) is 1. The van der Waals surface area contributed by atoms with Gasteiger partial charge in [-0.3, -0.25) is 0 Å². The Morgan fingerprint density at radius 2 is 2.29 bits per heavy atom. The first kappa shape index (κ1) is 12.6. The monoisotopic (exact) mass is 303 g/mol. The lowest BCUT2D eigenvalue weighted by molar-refractivity contribution is 0.347. The molecule has 0 aliphatic carbocycles. The molecule has 0 radical (unpaired) electrons. The van der Waals surface area contributed by atoms with Crippen LogP contribution in [0.25, 0.3) is 0 Å². The number of hydrogen-bond donors (Lipinski definition) is 2. The average molecular weight is 304 g/mol. The molecule has 1 aromatic carbocycles. The van der Waals surface area contributed by atoms with Crippen LogP contribution in [-0.2, 0) is 0 Å². The average Bonchev–Trinajstić information content (AvgIpc) is 2.35. The van der Waals surface area contributed by atoms with Crippen LogP contribution in [-0.4, -0.2) is 18.8 Å². The number of piperidine rings is 1. The second-order valence-electron chi connectivity index (χ2n) is 4.15. The summed E-state index contributed by atoms with van der Waals surface area (Å²) in [7, 11) is 1.38. The Labute approximate surface area is 108 Å². The van der Waals surface area contributed by atoms with E-state index in [4.69, 9.17) is 4.74 Å². The SMILES string of the molecule is COc1c(Br)cc(C2CCCCN2)c(O)c1F. The molecule has 1 unspecified atom stereocenters. The Hall–Kier alpha value is -0.810. The number of nitrogens with one attached hydrogen (secondary N) is 1. The summed E-state index contributed by atoms with van der Waals surface area (Å²) in [6, 6.07) is 1.74. The van der Waals surface area contributed by atoms with Crippen molar-refractivity contribution in [2.45, 2.75) is 25.3 Å². The summed E-state index contributed by atoms with van der Waals surface area (Å²) in [5, 5.41) is 13.2. The summed E-state index contributed by atoms with van der Waals surface area (Å²) in [6.45, 7) is 0.898. The third kappa shape index (κ3) is 2.40. The molecule has 1 saturated heterocycles. The molecule has 17 heavy (non-hydrogen) atoms. The maximum atomic E-state index is 13.8. The van der Waals surface area contributed by atoms with Gasteiger partial charge in [-0.1, -0.05) is 6.42 Å². The van der Waals surface area contributed by atoms with Gasteiger partial charge in [-0.15, -0.1) is 0 Å². The number of rotatable bonds is 2. The van der Waals surface area contributed by atoms with Crippen LogP contribution in [0.1, 0.15) is 30.9 Å². The van der Waals surface area contributed by atoms with Gasteiger partial charge in [0, 0.05) is 11.6 Å². The topological polar surface area (TPSA) is 41.5 Å². The lowest BCUT2D eigenvalue weighted by Crippen LogP contribution is -2.27. The zero-order valence-corrected chi connectivity index (χ0v) is 11.2. The molecule has 2 rings (SSSR count). The molecule has 0 aromatic heterocycles. The highest BCUT2D eigenvalue weighted by atomic mass is 79.9. The van der Waals surface area contributed by atoms with E-state index in [0.717, 1.165) is 25.8 Å². The van der Waals surface area contributed by atoms with Crippen LogP contribution in [0.2, 0.25) is 0 Å². The van der Waals surface area contributed by atoms with E-state index in [1.54, 1.807) is 6.07 Å². The summed E-state index contributed by atoms with van der Waals surface area (Å²) in [6.07, 6.45) is 3.12. The van der Waals surface area contributed by atoms with Crippen molar-refractivity contribution in [3.63, 3.8) is 0 Å². The van der Waals surface area contributed by atoms with E-state index in [1.807, 2.05) is 0 Å². The van der Waals surface area contributed by atoms with Crippen molar-refractivity contribution in [1.82, 2.24) is 5.32 Å². The van der Waals surface area contributed by atoms with Crippen LogP contribution >= 0.6 is 15.9 Å². The minimum absolute atomic E-state index is 0.0143. The molecule has 0 bridgehead atoms. The Morgan fingerprint density at radius 1 is 1.53 bits per heavy atom. The number of phenols is 1. The summed E-state index contributed by atoms with van der Waals surface area (Å²) < 4.78 is 19.3. The summed E-state index contributed by atoms with van der Waals surface area (Å²) in [5.41, 5.74) is 0.592. The molecule has 94 valence electrons. The van der Waals surface area contributed by atoms with E-state index in [9.17, 15) is 9.50 Å². The first-order valence-electron chi connectivity index (χ1n) is 5.63. The molecule has 2 N–H and O–H groups in total. The van der Waals surface area contributed by atoms with Gasteiger partial charge in [-0.05, 0) is 41.4 Å². The molecule has 0 saturated carbocycles. The fourth-order valence-electron chi connectivity index (χ4n) is 2.18. The van der Waals surface area contributed by atoms with Crippen LogP contribution in [0, 0.1) is 5.82 Å². The van der Waals surface area contributed by atoms with Crippen molar-refractivity contribution in [3.8, 4) is 11.5 Å². The zero-order valence-electron chi connectivity index (χ0n) is 9.59. The van der Waals surface area contributed by atoms with Crippen molar-refractivity contribution in [3.05, 3.63) is 21.9 Å². The van der Waals surface area contributed by atoms with E-state index in [-0.39, 0.29) is 17.5 Å². The minimum atomic E-state index is -0.704. The summed E-state index contributed by atoms with van der Waals surface area (Å²) in [4.78, 5) is 0. The molecule has 1 aliphatic rings. The first-order chi connectivity index (χ1) is 8.15. The van der Waals surface area contributed by atoms with Crippen molar-refractivity contribution in [1.29, 1.82) is 0 Å². The number of benzene rings is 1. The van der Waals surface area contributed by atoms with Gasteiger partial charge in [0.25, 0.3) is 0 Å². The van der Waals surface area contributed by atoms with E-state index >= 15 is 0 Å². The molecule has 1 atom stereocenters. The maximum absolute atomic E-state index is 13.8. The van der Waals surface area contributed by atoms with Crippen LogP contribution < -0.4 is 10.1 Å². The minimum Gasteiger partial charge on any atom is -0.504 e. The van der Waals surface area contributed by atoms with Crippen LogP contribution in [0.5, 0.6) is 11.5 Å². The molecule has 0 amide bonds. The normalized spacial score (nSPS) is 20.3. The summed E-state index contributed by atoms with van der Waals surface area (Å²) >= 11 is 3.26. The van der Waals surface area contributed by atoms with E-state index in [2.05, 4.69) is 21.2 Å². The standard InChI is InChI=1S/C12H15BrFNO2/c1-17-12-8(13)6-7(11(16)10(12)14)9-4-2-3-5-15-9/h6,9,15-16H,2-5H2,1H3. The number of aromatic hydroxyl groups is 1. The fraction of sp³-hybridized carbons (Fsp3) is 0.500. The molecule has 5 heteroatoms. The molecule has 1 aliphatic heterocycles. The van der Waals surface area contributed by atoms with Gasteiger partial charge in [0.2, 0.25) is 5.82 Å². The highest BCUT2D eigenvalue weighted by Gasteiger charge is 2.24. The predicted octanol–water partition coefficient (Wildman–Crippen LogP) is 3.12. The molecule has 1 heterocycles. The van der Waals surface area contributed by atoms with E-state index in [1.165, 1.54) is 7.11 Å². The van der Waals surface area contributed by atoms with Crippen molar-refractivity contribution >= 4 is 15.9 Å². The van der Waals surface area contributed by atoms with Gasteiger partial charge in [-0.25, -0.2) is 0 Å². The molecular weight excluding hydrogens is 289 g/mol. The molecule has 3 nitrogen and oxygen atoms in total. The van der Waals surface area contributed by atoms with Crippen molar-refractivity contribution in [2.24, 2.45) is 0 Å². The Bertz CT molecular complexity index is 419. The second-order valence-corrected chi connectivity index (χ2v) is 5.00. The van der Waals surface area contributed by atoms with Crippen molar-refractivity contribution < 1.29 is 14.2 Å². The Balaban J connectivity index is 2.40. The first-order valence-corrected chi connectivity index (χ1v) is 6.42. The number of methoxy groups -OCH3 is 1. The second kappa shape index (κ2) is 5.23.